The van der Waals surface area contributed by atoms with Crippen LogP contribution in [0.1, 0.15) is 0 Å². The highest BCUT2D eigenvalue weighted by atomic mass is 15.0. The minimum Gasteiger partial charge on any atom is -0.305 e. The Hall–Kier alpha value is -3.28. The van der Waals surface area contributed by atoms with E-state index in [0.717, 1.165) is 22.8 Å². The third-order valence-corrected chi connectivity index (χ3v) is 3.36. The maximum absolute atomic E-state index is 4.47. The first-order valence-electron chi connectivity index (χ1n) is 6.79. The van der Waals surface area contributed by atoms with E-state index in [9.17, 15) is 0 Å². The fourth-order valence-corrected chi connectivity index (χ4v) is 2.20. The Morgan fingerprint density at radius 3 is 1.45 bits per heavy atom. The van der Waals surface area contributed by atoms with Crippen molar-refractivity contribution in [1.29, 1.82) is 0 Å². The molecule has 0 aromatic carbocycles. The molecule has 0 atom stereocenters. The summed E-state index contributed by atoms with van der Waals surface area (Å²) in [6.45, 7) is 0. The Morgan fingerprint density at radius 1 is 0.636 bits per heavy atom. The van der Waals surface area contributed by atoms with E-state index in [-0.39, 0.29) is 0 Å². The SMILES string of the molecule is c1cn(-c2ccc(-c3ccc(-n4ccnc4)cn3)nc2)cn1. The molecule has 0 fully saturated rings. The van der Waals surface area contributed by atoms with Crippen LogP contribution in [0.2, 0.25) is 0 Å². The summed E-state index contributed by atoms with van der Waals surface area (Å²) in [5, 5.41) is 0. The fourth-order valence-electron chi connectivity index (χ4n) is 2.20. The third-order valence-electron chi connectivity index (χ3n) is 3.36. The largest absolute Gasteiger partial charge is 0.305 e. The van der Waals surface area contributed by atoms with Crippen molar-refractivity contribution >= 4 is 0 Å². The minimum atomic E-state index is 0.834. The van der Waals surface area contributed by atoms with Crippen molar-refractivity contribution in [3.05, 3.63) is 74.1 Å². The predicted molar refractivity (Wildman–Crippen MR) is 81.7 cm³/mol. The van der Waals surface area contributed by atoms with Gasteiger partial charge in [-0.25, -0.2) is 9.97 Å². The zero-order valence-electron chi connectivity index (χ0n) is 11.6. The van der Waals surface area contributed by atoms with Crippen LogP contribution in [-0.4, -0.2) is 29.1 Å². The van der Waals surface area contributed by atoms with E-state index in [2.05, 4.69) is 19.9 Å². The molecule has 4 heterocycles. The average molecular weight is 288 g/mol. The number of pyridine rings is 2. The Labute approximate surface area is 126 Å². The minimum absolute atomic E-state index is 0.834. The second-order valence-corrected chi connectivity index (χ2v) is 4.74. The molecule has 0 radical (unpaired) electrons. The predicted octanol–water partition coefficient (Wildman–Crippen LogP) is 2.51. The molecule has 4 aromatic heterocycles. The lowest BCUT2D eigenvalue weighted by Gasteiger charge is -2.05. The van der Waals surface area contributed by atoms with Gasteiger partial charge in [-0.05, 0) is 24.3 Å². The summed E-state index contributed by atoms with van der Waals surface area (Å²) < 4.78 is 3.82. The van der Waals surface area contributed by atoms with Crippen LogP contribution in [0, 0.1) is 0 Å². The molecule has 0 aliphatic heterocycles. The fraction of sp³-hybridized carbons (Fsp3) is 0. The van der Waals surface area contributed by atoms with E-state index < -0.39 is 0 Å². The molecule has 0 saturated carbocycles. The first kappa shape index (κ1) is 12.5. The van der Waals surface area contributed by atoms with Gasteiger partial charge in [-0.15, -0.1) is 0 Å². The molecule has 6 heteroatoms. The summed E-state index contributed by atoms with van der Waals surface area (Å²) in [5.74, 6) is 0. The monoisotopic (exact) mass is 288 g/mol. The van der Waals surface area contributed by atoms with Crippen molar-refractivity contribution < 1.29 is 0 Å². The van der Waals surface area contributed by atoms with Gasteiger partial charge in [-0.2, -0.15) is 0 Å². The van der Waals surface area contributed by atoms with Gasteiger partial charge >= 0.3 is 0 Å². The summed E-state index contributed by atoms with van der Waals surface area (Å²) in [5.41, 5.74) is 3.61. The smallest absolute Gasteiger partial charge is 0.0992 e. The first-order chi connectivity index (χ1) is 10.9. The zero-order chi connectivity index (χ0) is 14.8. The lowest BCUT2D eigenvalue weighted by molar-refractivity contribution is 1.03. The van der Waals surface area contributed by atoms with E-state index in [4.69, 9.17) is 0 Å². The molecule has 0 bridgehead atoms. The van der Waals surface area contributed by atoms with Crippen molar-refractivity contribution in [1.82, 2.24) is 29.1 Å². The Morgan fingerprint density at radius 2 is 1.14 bits per heavy atom. The van der Waals surface area contributed by atoms with Crippen molar-refractivity contribution in [2.75, 3.05) is 0 Å². The number of imidazole rings is 2. The molecule has 0 aliphatic carbocycles. The molecule has 0 spiro atoms. The van der Waals surface area contributed by atoms with Crippen molar-refractivity contribution in [2.45, 2.75) is 0 Å². The van der Waals surface area contributed by atoms with Gasteiger partial charge in [0, 0.05) is 24.8 Å². The van der Waals surface area contributed by atoms with Gasteiger partial charge in [-0.3, -0.25) is 9.97 Å². The quantitative estimate of drug-likeness (QED) is 0.581. The van der Waals surface area contributed by atoms with Gasteiger partial charge in [0.15, 0.2) is 0 Å². The Bertz CT molecular complexity index is 770. The van der Waals surface area contributed by atoms with Crippen LogP contribution in [-0.2, 0) is 0 Å². The van der Waals surface area contributed by atoms with Gasteiger partial charge < -0.3 is 9.13 Å². The van der Waals surface area contributed by atoms with Crippen molar-refractivity contribution in [2.24, 2.45) is 0 Å². The maximum atomic E-state index is 4.47. The number of hydrogen-bond donors (Lipinski definition) is 0. The Kier molecular flexibility index (Phi) is 2.97. The molecule has 0 unspecified atom stereocenters. The number of rotatable bonds is 3. The highest BCUT2D eigenvalue weighted by molar-refractivity contribution is 5.56. The van der Waals surface area contributed by atoms with Gasteiger partial charge in [0.25, 0.3) is 0 Å². The molecular weight excluding hydrogens is 276 g/mol. The van der Waals surface area contributed by atoms with E-state index in [1.165, 1.54) is 0 Å². The van der Waals surface area contributed by atoms with E-state index in [1.54, 1.807) is 25.0 Å². The molecule has 0 saturated heterocycles. The van der Waals surface area contributed by atoms with Crippen LogP contribution < -0.4 is 0 Å². The molecule has 0 N–H and O–H groups in total. The zero-order valence-corrected chi connectivity index (χ0v) is 11.6. The van der Waals surface area contributed by atoms with Crippen LogP contribution in [0.3, 0.4) is 0 Å². The molecule has 4 rings (SSSR count). The number of aromatic nitrogens is 6. The summed E-state index contributed by atoms with van der Waals surface area (Å²) in [6.07, 6.45) is 14.4. The van der Waals surface area contributed by atoms with E-state index >= 15 is 0 Å². The van der Waals surface area contributed by atoms with Gasteiger partial charge in [-0.1, -0.05) is 0 Å². The molecule has 0 amide bonds. The normalized spacial score (nSPS) is 10.7. The van der Waals surface area contributed by atoms with Gasteiger partial charge in [0.1, 0.15) is 0 Å². The number of hydrogen-bond acceptors (Lipinski definition) is 4. The average Bonchev–Trinajstić information content (AvgIpc) is 3.29. The summed E-state index contributed by atoms with van der Waals surface area (Å²) in [7, 11) is 0. The topological polar surface area (TPSA) is 61.4 Å². The molecule has 106 valence electrons. The third kappa shape index (κ3) is 2.26. The molecule has 0 aliphatic rings. The van der Waals surface area contributed by atoms with Crippen LogP contribution in [0.4, 0.5) is 0 Å². The highest BCUT2D eigenvalue weighted by Crippen LogP contribution is 2.17. The van der Waals surface area contributed by atoms with Crippen molar-refractivity contribution in [3.63, 3.8) is 0 Å². The van der Waals surface area contributed by atoms with E-state index in [1.807, 2.05) is 58.2 Å². The standard InChI is InChI=1S/C16H12N6/c1-3-15(19-9-13(1)21-7-5-17-11-21)16-4-2-14(10-20-16)22-8-6-18-12-22/h1-12H. The molecule has 4 aromatic rings. The summed E-state index contributed by atoms with van der Waals surface area (Å²) in [4.78, 5) is 17.0. The second kappa shape index (κ2) is 5.25. The highest BCUT2D eigenvalue weighted by Gasteiger charge is 2.03. The lowest BCUT2D eigenvalue weighted by Crippen LogP contribution is -1.95. The molecular formula is C16H12N6. The van der Waals surface area contributed by atoms with Crippen LogP contribution in [0.15, 0.2) is 74.1 Å². The van der Waals surface area contributed by atoms with Crippen LogP contribution in [0.5, 0.6) is 0 Å². The van der Waals surface area contributed by atoms with Gasteiger partial charge in [0.05, 0.1) is 47.8 Å². The van der Waals surface area contributed by atoms with Crippen molar-refractivity contribution in [3.8, 4) is 22.8 Å². The van der Waals surface area contributed by atoms with Crippen LogP contribution >= 0.6 is 0 Å². The van der Waals surface area contributed by atoms with E-state index in [0.29, 0.717) is 0 Å². The second-order valence-electron chi connectivity index (χ2n) is 4.74. The van der Waals surface area contributed by atoms with Gasteiger partial charge in [0.2, 0.25) is 0 Å². The number of nitrogens with zero attached hydrogens (tertiary/aromatic N) is 6. The first-order valence-corrected chi connectivity index (χ1v) is 6.79. The Balaban J connectivity index is 1.62. The molecule has 22 heavy (non-hydrogen) atoms. The lowest BCUT2D eigenvalue weighted by atomic mass is 10.2. The maximum Gasteiger partial charge on any atom is 0.0992 e. The van der Waals surface area contributed by atoms with Crippen LogP contribution in [0.25, 0.3) is 22.8 Å². The molecule has 6 nitrogen and oxygen atoms in total. The summed E-state index contributed by atoms with van der Waals surface area (Å²) >= 11 is 0. The summed E-state index contributed by atoms with van der Waals surface area (Å²) in [6, 6.07) is 7.90.